The standard InChI is InChI=1S/C15H26N2O2/c1-13(2,3)19-12(18)17-16-11-9-10-7-8-15(11,6)14(10,4)5/h10H,7-9H2,1-6H3,(H,17,18)/t10-,15-/m1/s1. The third-order valence-electron chi connectivity index (χ3n) is 5.19. The molecule has 0 spiro atoms. The smallest absolute Gasteiger partial charge is 0.428 e. The average molecular weight is 266 g/mol. The van der Waals surface area contributed by atoms with Gasteiger partial charge in [-0.05, 0) is 51.4 Å². The zero-order valence-corrected chi connectivity index (χ0v) is 13.0. The van der Waals surface area contributed by atoms with Crippen molar-refractivity contribution in [3.05, 3.63) is 0 Å². The van der Waals surface area contributed by atoms with Gasteiger partial charge in [-0.15, -0.1) is 0 Å². The van der Waals surface area contributed by atoms with Gasteiger partial charge in [-0.2, -0.15) is 5.10 Å². The maximum Gasteiger partial charge on any atom is 0.428 e. The van der Waals surface area contributed by atoms with E-state index in [9.17, 15) is 4.79 Å². The van der Waals surface area contributed by atoms with Crippen molar-refractivity contribution in [3.63, 3.8) is 0 Å². The molecule has 4 heteroatoms. The normalized spacial score (nSPS) is 34.6. The second-order valence-corrected chi connectivity index (χ2v) is 7.67. The van der Waals surface area contributed by atoms with Gasteiger partial charge >= 0.3 is 6.09 Å². The van der Waals surface area contributed by atoms with Crippen molar-refractivity contribution < 1.29 is 9.53 Å². The second kappa shape index (κ2) is 4.22. The van der Waals surface area contributed by atoms with Gasteiger partial charge in [-0.25, -0.2) is 10.2 Å². The molecule has 2 atom stereocenters. The molecule has 0 aliphatic heterocycles. The molecular formula is C15H26N2O2. The zero-order valence-electron chi connectivity index (χ0n) is 13.0. The summed E-state index contributed by atoms with van der Waals surface area (Å²) in [7, 11) is 0. The first kappa shape index (κ1) is 14.4. The lowest BCUT2D eigenvalue weighted by atomic mass is 9.70. The van der Waals surface area contributed by atoms with Crippen LogP contribution in [0.5, 0.6) is 0 Å². The average Bonchev–Trinajstić information content (AvgIpc) is 2.56. The molecule has 2 aliphatic carbocycles. The predicted octanol–water partition coefficient (Wildman–Crippen LogP) is 3.71. The summed E-state index contributed by atoms with van der Waals surface area (Å²) in [6, 6.07) is 0. The van der Waals surface area contributed by atoms with Gasteiger partial charge in [0.25, 0.3) is 0 Å². The van der Waals surface area contributed by atoms with Gasteiger partial charge in [0.15, 0.2) is 0 Å². The van der Waals surface area contributed by atoms with E-state index < -0.39 is 11.7 Å². The predicted molar refractivity (Wildman–Crippen MR) is 76.0 cm³/mol. The van der Waals surface area contributed by atoms with E-state index in [4.69, 9.17) is 4.74 Å². The molecule has 1 N–H and O–H groups in total. The molecule has 1 amide bonds. The van der Waals surface area contributed by atoms with Gasteiger partial charge in [0.05, 0.1) is 0 Å². The van der Waals surface area contributed by atoms with Crippen LogP contribution in [0.1, 0.15) is 60.8 Å². The highest BCUT2D eigenvalue weighted by molar-refractivity contribution is 5.94. The maximum absolute atomic E-state index is 11.6. The van der Waals surface area contributed by atoms with Crippen LogP contribution in [0.15, 0.2) is 5.10 Å². The van der Waals surface area contributed by atoms with Crippen molar-refractivity contribution in [3.8, 4) is 0 Å². The number of nitrogens with one attached hydrogen (secondary N) is 1. The Kier molecular flexibility index (Phi) is 3.19. The highest BCUT2D eigenvalue weighted by Crippen LogP contribution is 2.63. The molecular weight excluding hydrogens is 240 g/mol. The molecule has 108 valence electrons. The van der Waals surface area contributed by atoms with Crippen LogP contribution in [0.2, 0.25) is 0 Å². The zero-order chi connectivity index (χ0) is 14.5. The largest absolute Gasteiger partial charge is 0.443 e. The quantitative estimate of drug-likeness (QED) is 0.735. The highest BCUT2D eigenvalue weighted by atomic mass is 16.6. The third kappa shape index (κ3) is 2.37. The summed E-state index contributed by atoms with van der Waals surface area (Å²) in [5.41, 5.74) is 3.59. The molecule has 2 rings (SSSR count). The van der Waals surface area contributed by atoms with Crippen molar-refractivity contribution in [2.75, 3.05) is 0 Å². The van der Waals surface area contributed by atoms with Gasteiger partial charge < -0.3 is 4.74 Å². The van der Waals surface area contributed by atoms with Crippen LogP contribution in [-0.2, 0) is 4.74 Å². The Morgan fingerprint density at radius 2 is 2.00 bits per heavy atom. The van der Waals surface area contributed by atoms with Gasteiger partial charge in [0, 0.05) is 11.1 Å². The summed E-state index contributed by atoms with van der Waals surface area (Å²) in [4.78, 5) is 11.6. The number of fused-ring (bicyclic) bond motifs is 2. The highest BCUT2D eigenvalue weighted by Gasteiger charge is 2.60. The summed E-state index contributed by atoms with van der Waals surface area (Å²) in [6.07, 6.45) is 2.97. The van der Waals surface area contributed by atoms with E-state index in [2.05, 4.69) is 31.3 Å². The number of hydrogen-bond donors (Lipinski definition) is 1. The molecule has 19 heavy (non-hydrogen) atoms. The number of carbonyl (C=O) groups is 1. The molecule has 2 fully saturated rings. The van der Waals surface area contributed by atoms with Gasteiger partial charge in [-0.1, -0.05) is 20.8 Å². The minimum absolute atomic E-state index is 0.118. The lowest BCUT2D eigenvalue weighted by Gasteiger charge is -2.34. The van der Waals surface area contributed by atoms with Crippen molar-refractivity contribution in [2.24, 2.45) is 21.8 Å². The van der Waals surface area contributed by atoms with Crippen molar-refractivity contribution in [1.29, 1.82) is 0 Å². The van der Waals surface area contributed by atoms with Crippen LogP contribution >= 0.6 is 0 Å². The van der Waals surface area contributed by atoms with E-state index in [0.717, 1.165) is 12.1 Å². The topological polar surface area (TPSA) is 50.7 Å². The third-order valence-corrected chi connectivity index (χ3v) is 5.19. The Bertz CT molecular complexity index is 420. The SMILES string of the molecule is CC(C)(C)OC(=O)NN=C1C[C@H]2CC[C@@]1(C)C2(C)C. The van der Waals surface area contributed by atoms with Crippen LogP contribution in [0, 0.1) is 16.7 Å². The van der Waals surface area contributed by atoms with E-state index in [1.54, 1.807) is 0 Å². The minimum atomic E-state index is -0.484. The summed E-state index contributed by atoms with van der Waals surface area (Å²) in [6.45, 7) is 12.5. The van der Waals surface area contributed by atoms with Crippen LogP contribution in [0.25, 0.3) is 0 Å². The Morgan fingerprint density at radius 3 is 2.42 bits per heavy atom. The van der Waals surface area contributed by atoms with Gasteiger partial charge in [0.1, 0.15) is 5.60 Å². The summed E-state index contributed by atoms with van der Waals surface area (Å²) in [5, 5.41) is 4.35. The van der Waals surface area contributed by atoms with E-state index >= 15 is 0 Å². The lowest BCUT2D eigenvalue weighted by Crippen LogP contribution is -2.35. The molecule has 2 aliphatic rings. The number of ether oxygens (including phenoxy) is 1. The lowest BCUT2D eigenvalue weighted by molar-refractivity contribution is 0.0528. The Labute approximate surface area is 116 Å². The number of hydrazone groups is 1. The molecule has 4 nitrogen and oxygen atoms in total. The first-order valence-electron chi connectivity index (χ1n) is 7.12. The first-order valence-corrected chi connectivity index (χ1v) is 7.12. The fourth-order valence-corrected chi connectivity index (χ4v) is 3.51. The van der Waals surface area contributed by atoms with Crippen LogP contribution in [0.3, 0.4) is 0 Å². The minimum Gasteiger partial charge on any atom is -0.443 e. The second-order valence-electron chi connectivity index (χ2n) is 7.67. The fraction of sp³-hybridized carbons (Fsp3) is 0.867. The summed E-state index contributed by atoms with van der Waals surface area (Å²) >= 11 is 0. The first-order chi connectivity index (χ1) is 8.56. The van der Waals surface area contributed by atoms with Crippen molar-refractivity contribution >= 4 is 11.8 Å². The summed E-state index contributed by atoms with van der Waals surface area (Å²) in [5.74, 6) is 0.691. The molecule has 0 saturated heterocycles. The Morgan fingerprint density at radius 1 is 1.37 bits per heavy atom. The van der Waals surface area contributed by atoms with E-state index in [1.807, 2.05) is 20.8 Å². The molecule has 0 aromatic carbocycles. The number of hydrogen-bond acceptors (Lipinski definition) is 3. The fourth-order valence-electron chi connectivity index (χ4n) is 3.51. The molecule has 2 saturated carbocycles. The van der Waals surface area contributed by atoms with Gasteiger partial charge in [-0.3, -0.25) is 0 Å². The molecule has 0 aromatic rings. The van der Waals surface area contributed by atoms with Crippen molar-refractivity contribution in [2.45, 2.75) is 66.4 Å². The molecule has 0 radical (unpaired) electrons. The maximum atomic E-state index is 11.6. The molecule has 0 unspecified atom stereocenters. The van der Waals surface area contributed by atoms with Crippen molar-refractivity contribution in [1.82, 2.24) is 5.43 Å². The molecule has 0 aromatic heterocycles. The summed E-state index contributed by atoms with van der Waals surface area (Å²) < 4.78 is 5.21. The number of amides is 1. The van der Waals surface area contributed by atoms with Crippen LogP contribution < -0.4 is 5.43 Å². The van der Waals surface area contributed by atoms with E-state index in [0.29, 0.717) is 5.92 Å². The van der Waals surface area contributed by atoms with Crippen LogP contribution in [-0.4, -0.2) is 17.4 Å². The van der Waals surface area contributed by atoms with Gasteiger partial charge in [0.2, 0.25) is 0 Å². The monoisotopic (exact) mass is 266 g/mol. The Hall–Kier alpha value is -1.06. The number of rotatable bonds is 1. The Balaban J connectivity index is 2.05. The molecule has 2 bridgehead atoms. The number of carbonyl (C=O) groups excluding carboxylic acids is 1. The number of nitrogens with zero attached hydrogens (tertiary/aromatic N) is 1. The van der Waals surface area contributed by atoms with Crippen LogP contribution in [0.4, 0.5) is 4.79 Å². The van der Waals surface area contributed by atoms with E-state index in [-0.39, 0.29) is 10.8 Å². The molecule has 0 heterocycles. The van der Waals surface area contributed by atoms with E-state index in [1.165, 1.54) is 12.8 Å².